The number of hydrogen-bond donors (Lipinski definition) is 1. The number of aryl methyl sites for hydroxylation is 1. The highest BCUT2D eigenvalue weighted by molar-refractivity contribution is 7.17. The van der Waals surface area contributed by atoms with Crippen molar-refractivity contribution in [3.05, 3.63) is 40.2 Å². The second kappa shape index (κ2) is 5.49. The molecule has 0 unspecified atom stereocenters. The normalized spacial score (nSPS) is 10.4. The number of methoxy groups -OCH3 is 1. The maximum absolute atomic E-state index is 13.5. The molecule has 0 saturated carbocycles. The van der Waals surface area contributed by atoms with Gasteiger partial charge in [0.2, 0.25) is 0 Å². The Labute approximate surface area is 116 Å². The van der Waals surface area contributed by atoms with Gasteiger partial charge < -0.3 is 10.1 Å². The number of halogens is 3. The van der Waals surface area contributed by atoms with Crippen LogP contribution in [0.25, 0.3) is 0 Å². The highest BCUT2D eigenvalue weighted by Gasteiger charge is 2.17. The topological polar surface area (TPSA) is 51.2 Å². The molecule has 0 radical (unpaired) electrons. The fourth-order valence-electron chi connectivity index (χ4n) is 1.47. The maximum atomic E-state index is 13.5. The molecule has 4 nitrogen and oxygen atoms in total. The van der Waals surface area contributed by atoms with E-state index >= 15 is 0 Å². The molecule has 1 N–H and O–H groups in total. The molecule has 0 bridgehead atoms. The standard InChI is InChI=1S/C12H9F3N2O2S/c1-5-10(11(18)19-2)20-12(16-5)17-9-4-7(14)6(13)3-8(9)15/h3-4H,1-2H3,(H,16,17). The monoisotopic (exact) mass is 302 g/mol. The Kier molecular flexibility index (Phi) is 3.93. The molecule has 1 aromatic carbocycles. The molecule has 0 atom stereocenters. The van der Waals surface area contributed by atoms with Gasteiger partial charge in [0.25, 0.3) is 0 Å². The molecule has 2 aromatic rings. The molecular formula is C12H9F3N2O2S. The van der Waals surface area contributed by atoms with E-state index in [4.69, 9.17) is 0 Å². The van der Waals surface area contributed by atoms with Crippen LogP contribution in [0, 0.1) is 24.4 Å². The van der Waals surface area contributed by atoms with Gasteiger partial charge in [-0.2, -0.15) is 0 Å². The predicted octanol–water partition coefficient (Wildman–Crippen LogP) is 3.40. The Balaban J connectivity index is 2.31. The zero-order valence-electron chi connectivity index (χ0n) is 10.5. The van der Waals surface area contributed by atoms with Crippen LogP contribution in [-0.2, 0) is 4.74 Å². The number of ether oxygens (including phenoxy) is 1. The number of carbonyl (C=O) groups excluding carboxylic acids is 1. The number of anilines is 2. The molecule has 0 amide bonds. The van der Waals surface area contributed by atoms with E-state index in [1.165, 1.54) is 7.11 Å². The molecule has 20 heavy (non-hydrogen) atoms. The minimum absolute atomic E-state index is 0.174. The Morgan fingerprint density at radius 1 is 1.25 bits per heavy atom. The van der Waals surface area contributed by atoms with Gasteiger partial charge in [0, 0.05) is 12.1 Å². The first kappa shape index (κ1) is 14.3. The summed E-state index contributed by atoms with van der Waals surface area (Å²) in [5.41, 5.74) is 0.126. The van der Waals surface area contributed by atoms with Crippen LogP contribution in [0.5, 0.6) is 0 Å². The number of nitrogens with one attached hydrogen (secondary N) is 1. The van der Waals surface area contributed by atoms with Crippen molar-refractivity contribution in [1.29, 1.82) is 0 Å². The Morgan fingerprint density at radius 3 is 2.55 bits per heavy atom. The van der Waals surface area contributed by atoms with E-state index < -0.39 is 23.4 Å². The first-order valence-corrected chi connectivity index (χ1v) is 6.21. The maximum Gasteiger partial charge on any atom is 0.350 e. The summed E-state index contributed by atoms with van der Waals surface area (Å²) in [7, 11) is 1.23. The zero-order valence-corrected chi connectivity index (χ0v) is 11.3. The molecule has 2 rings (SSSR count). The smallest absolute Gasteiger partial charge is 0.350 e. The minimum Gasteiger partial charge on any atom is -0.465 e. The minimum atomic E-state index is -1.28. The van der Waals surface area contributed by atoms with Gasteiger partial charge in [-0.25, -0.2) is 22.9 Å². The molecule has 0 aliphatic heterocycles. The number of aromatic nitrogens is 1. The summed E-state index contributed by atoms with van der Waals surface area (Å²) in [4.78, 5) is 15.6. The molecule has 0 aliphatic rings. The molecule has 0 spiro atoms. The summed E-state index contributed by atoms with van der Waals surface area (Å²) in [6.45, 7) is 1.58. The lowest BCUT2D eigenvalue weighted by atomic mass is 10.3. The van der Waals surface area contributed by atoms with Crippen LogP contribution in [0.1, 0.15) is 15.4 Å². The summed E-state index contributed by atoms with van der Waals surface area (Å²) in [6.07, 6.45) is 0. The third-order valence-electron chi connectivity index (χ3n) is 2.42. The number of thiazole rings is 1. The van der Waals surface area contributed by atoms with E-state index in [-0.39, 0.29) is 15.7 Å². The first-order chi connectivity index (χ1) is 9.42. The fourth-order valence-corrected chi connectivity index (χ4v) is 2.36. The van der Waals surface area contributed by atoms with Gasteiger partial charge in [-0.05, 0) is 6.92 Å². The van der Waals surface area contributed by atoms with Crippen LogP contribution in [0.3, 0.4) is 0 Å². The van der Waals surface area contributed by atoms with Gasteiger partial charge in [0.1, 0.15) is 10.7 Å². The summed E-state index contributed by atoms with van der Waals surface area (Å²) < 4.78 is 43.9. The van der Waals surface area contributed by atoms with E-state index in [2.05, 4.69) is 15.0 Å². The van der Waals surface area contributed by atoms with Crippen molar-refractivity contribution >= 4 is 28.1 Å². The van der Waals surface area contributed by atoms with E-state index in [0.717, 1.165) is 11.3 Å². The van der Waals surface area contributed by atoms with E-state index in [9.17, 15) is 18.0 Å². The van der Waals surface area contributed by atoms with E-state index in [0.29, 0.717) is 17.8 Å². The van der Waals surface area contributed by atoms with Gasteiger partial charge in [0.15, 0.2) is 16.8 Å². The second-order valence-corrected chi connectivity index (χ2v) is 4.80. The number of nitrogens with zero attached hydrogens (tertiary/aromatic N) is 1. The number of benzene rings is 1. The molecule has 0 saturated heterocycles. The predicted molar refractivity (Wildman–Crippen MR) is 67.8 cm³/mol. The van der Waals surface area contributed by atoms with Crippen LogP contribution < -0.4 is 5.32 Å². The largest absolute Gasteiger partial charge is 0.465 e. The van der Waals surface area contributed by atoms with Gasteiger partial charge >= 0.3 is 5.97 Å². The molecule has 106 valence electrons. The SMILES string of the molecule is COC(=O)c1sc(Nc2cc(F)c(F)cc2F)nc1C. The quantitative estimate of drug-likeness (QED) is 0.697. The number of esters is 1. The van der Waals surface area contributed by atoms with Crippen molar-refractivity contribution in [2.24, 2.45) is 0 Å². The molecule has 0 fully saturated rings. The number of hydrogen-bond acceptors (Lipinski definition) is 5. The van der Waals surface area contributed by atoms with E-state index in [1.807, 2.05) is 0 Å². The van der Waals surface area contributed by atoms with Gasteiger partial charge in [-0.3, -0.25) is 0 Å². The highest BCUT2D eigenvalue weighted by Crippen LogP contribution is 2.28. The summed E-state index contributed by atoms with van der Waals surface area (Å²) >= 11 is 0.926. The molecule has 8 heteroatoms. The summed E-state index contributed by atoms with van der Waals surface area (Å²) in [6, 6.07) is 1.11. The van der Waals surface area contributed by atoms with Gasteiger partial charge in [-0.1, -0.05) is 11.3 Å². The van der Waals surface area contributed by atoms with Gasteiger partial charge in [0.05, 0.1) is 18.5 Å². The lowest BCUT2D eigenvalue weighted by Crippen LogP contribution is -1.99. The van der Waals surface area contributed by atoms with Crippen LogP contribution in [0.15, 0.2) is 12.1 Å². The van der Waals surface area contributed by atoms with Crippen LogP contribution in [0.4, 0.5) is 24.0 Å². The van der Waals surface area contributed by atoms with Crippen LogP contribution in [-0.4, -0.2) is 18.1 Å². The second-order valence-electron chi connectivity index (χ2n) is 3.80. The molecule has 1 heterocycles. The zero-order chi connectivity index (χ0) is 14.9. The van der Waals surface area contributed by atoms with Crippen molar-refractivity contribution in [3.8, 4) is 0 Å². The van der Waals surface area contributed by atoms with Crippen molar-refractivity contribution in [2.45, 2.75) is 6.92 Å². The van der Waals surface area contributed by atoms with Crippen molar-refractivity contribution in [2.75, 3.05) is 12.4 Å². The fraction of sp³-hybridized carbons (Fsp3) is 0.167. The molecular weight excluding hydrogens is 293 g/mol. The van der Waals surface area contributed by atoms with Gasteiger partial charge in [-0.15, -0.1) is 0 Å². The Morgan fingerprint density at radius 2 is 1.90 bits per heavy atom. The lowest BCUT2D eigenvalue weighted by molar-refractivity contribution is 0.0605. The van der Waals surface area contributed by atoms with Crippen molar-refractivity contribution < 1.29 is 22.7 Å². The Bertz CT molecular complexity index is 673. The molecule has 0 aliphatic carbocycles. The average Bonchev–Trinajstić information content (AvgIpc) is 2.76. The average molecular weight is 302 g/mol. The van der Waals surface area contributed by atoms with E-state index in [1.54, 1.807) is 6.92 Å². The van der Waals surface area contributed by atoms with Crippen molar-refractivity contribution in [3.63, 3.8) is 0 Å². The number of rotatable bonds is 3. The molecule has 1 aromatic heterocycles. The Hall–Kier alpha value is -2.09. The number of carbonyl (C=O) groups is 1. The third-order valence-corrected chi connectivity index (χ3v) is 3.47. The van der Waals surface area contributed by atoms with Crippen molar-refractivity contribution in [1.82, 2.24) is 4.98 Å². The lowest BCUT2D eigenvalue weighted by Gasteiger charge is -2.04. The third kappa shape index (κ3) is 2.74. The first-order valence-electron chi connectivity index (χ1n) is 5.39. The highest BCUT2D eigenvalue weighted by atomic mass is 32.1. The summed E-state index contributed by atoms with van der Waals surface area (Å²) in [5.74, 6) is -4.00. The van der Waals surface area contributed by atoms with Crippen LogP contribution in [0.2, 0.25) is 0 Å². The summed E-state index contributed by atoms with van der Waals surface area (Å²) in [5, 5.41) is 2.67. The van der Waals surface area contributed by atoms with Crippen LogP contribution >= 0.6 is 11.3 Å².